The number of aliphatic hydroxyl groups is 6. The van der Waals surface area contributed by atoms with Crippen LogP contribution in [0.25, 0.3) is 11.1 Å². The third-order valence-electron chi connectivity index (χ3n) is 16.7. The molecule has 1 aromatic carbocycles. The lowest BCUT2D eigenvalue weighted by Crippen LogP contribution is -2.61. The van der Waals surface area contributed by atoms with Crippen molar-refractivity contribution in [2.45, 2.75) is 211 Å². The van der Waals surface area contributed by atoms with Crippen molar-refractivity contribution in [3.05, 3.63) is 65.7 Å². The number of esters is 1. The van der Waals surface area contributed by atoms with Gasteiger partial charge in [-0.3, -0.25) is 9.78 Å². The maximum absolute atomic E-state index is 14.6. The van der Waals surface area contributed by atoms with Gasteiger partial charge in [-0.25, -0.2) is 9.07 Å². The van der Waals surface area contributed by atoms with E-state index < -0.39 is 121 Å². The van der Waals surface area contributed by atoms with Gasteiger partial charge in [0.15, 0.2) is 12.6 Å². The standard InChI is InChI=1S/C56H89FN6O13/c1-14-45-56(10,70)49(66)36(6)62(12)29-32(2)24-54(8,69)51(34(4)48(35(5)52(68)74-45)75-46-25-55(9,71-13)50(67)37(7)73-46)76-53-47(65)44(21-33(3)72-53)61(11)20-19-42-30-63(60-59-42)43(26-57)23-38-15-17-40(18-16-38)41-22-39(31-64)27-58-28-41/h15-18,22,27-28,30,32-37,43-51,53,64-67,69-70H,14,19-21,23-26,29,31H2,1-13H3/t32-,33-,34+,35-,36-,37+,43+,44+,45-,46+,47-,48+,49-,50+,51-,53+,54-,55-,56-/m1/s1. The van der Waals surface area contributed by atoms with Crippen molar-refractivity contribution in [3.63, 3.8) is 0 Å². The van der Waals surface area contributed by atoms with E-state index in [-0.39, 0.29) is 31.8 Å². The Labute approximate surface area is 449 Å². The average molecular weight is 1070 g/mol. The predicted molar refractivity (Wildman–Crippen MR) is 281 cm³/mol. The first-order valence-electron chi connectivity index (χ1n) is 27.1. The van der Waals surface area contributed by atoms with Gasteiger partial charge in [-0.15, -0.1) is 5.10 Å². The smallest absolute Gasteiger partial charge is 0.311 e. The summed E-state index contributed by atoms with van der Waals surface area (Å²) in [6.07, 6.45) is -3.50. The highest BCUT2D eigenvalue weighted by Crippen LogP contribution is 2.40. The molecule has 0 bridgehead atoms. The Morgan fingerprint density at radius 1 is 0.947 bits per heavy atom. The van der Waals surface area contributed by atoms with Crippen molar-refractivity contribution in [2.75, 3.05) is 41.0 Å². The number of ether oxygens (including phenoxy) is 6. The van der Waals surface area contributed by atoms with Gasteiger partial charge in [0, 0.05) is 75.2 Å². The lowest BCUT2D eigenvalue weighted by atomic mass is 9.77. The van der Waals surface area contributed by atoms with E-state index in [2.05, 4.69) is 15.3 Å². The highest BCUT2D eigenvalue weighted by atomic mass is 19.1. The van der Waals surface area contributed by atoms with Crippen molar-refractivity contribution in [2.24, 2.45) is 17.8 Å². The third-order valence-corrected chi connectivity index (χ3v) is 16.7. The quantitative estimate of drug-likeness (QED) is 0.109. The molecule has 3 aliphatic rings. The lowest BCUT2D eigenvalue weighted by molar-refractivity contribution is -0.318. The van der Waals surface area contributed by atoms with Gasteiger partial charge in [-0.2, -0.15) is 0 Å². The summed E-state index contributed by atoms with van der Waals surface area (Å²) in [7, 11) is 5.22. The van der Waals surface area contributed by atoms with Crippen LogP contribution in [-0.4, -0.2) is 198 Å². The summed E-state index contributed by atoms with van der Waals surface area (Å²) in [6.45, 7) is 17.5. The zero-order chi connectivity index (χ0) is 56.0. The van der Waals surface area contributed by atoms with Crippen LogP contribution in [-0.2, 0) is 52.7 Å². The van der Waals surface area contributed by atoms with Gasteiger partial charge in [0.1, 0.15) is 36.7 Å². The van der Waals surface area contributed by atoms with E-state index in [1.165, 1.54) is 14.0 Å². The van der Waals surface area contributed by atoms with Gasteiger partial charge in [0.05, 0.1) is 59.9 Å². The Bertz CT molecular complexity index is 2290. The van der Waals surface area contributed by atoms with Crippen LogP contribution in [0.2, 0.25) is 0 Å². The van der Waals surface area contributed by atoms with E-state index in [1.807, 2.05) is 68.1 Å². The number of nitrogens with zero attached hydrogens (tertiary/aromatic N) is 6. The molecule has 0 saturated carbocycles. The Hall–Kier alpha value is -3.61. The molecule has 0 radical (unpaired) electrons. The maximum Gasteiger partial charge on any atom is 0.311 e. The number of cyclic esters (lactones) is 1. The van der Waals surface area contributed by atoms with Crippen LogP contribution in [0.4, 0.5) is 4.39 Å². The molecule has 19 nitrogen and oxygen atoms in total. The minimum atomic E-state index is -1.85. The molecular formula is C56H89FN6O13. The highest BCUT2D eigenvalue weighted by molar-refractivity contribution is 5.73. The largest absolute Gasteiger partial charge is 0.459 e. The van der Waals surface area contributed by atoms with E-state index in [9.17, 15) is 39.8 Å². The lowest BCUT2D eigenvalue weighted by Gasteiger charge is -2.49. The SMILES string of the molecule is CC[C@H]1OC(=O)[C@H](C)[C@@H](O[C@H]2C[C@@](C)(OC)[C@@H](O)[C@H](C)O2)[C@H](C)[C@@H](O[C@@H]2O[C@H](C)C[C@H](N(C)CCc3cn([C@H](CF)Cc4ccc(-c5cncc(CO)c5)cc4)nn3)[C@H]2O)[C@](C)(O)C[C@@H](C)CN(C)[C@H](C)[C@@H](O)[C@]1(C)O. The molecule has 2 aromatic heterocycles. The Morgan fingerprint density at radius 2 is 1.64 bits per heavy atom. The molecule has 0 aliphatic carbocycles. The first-order chi connectivity index (χ1) is 35.8. The number of pyridine rings is 1. The number of methoxy groups -OCH3 is 1. The van der Waals surface area contributed by atoms with Crippen LogP contribution in [0.1, 0.15) is 118 Å². The van der Waals surface area contributed by atoms with E-state index in [1.54, 1.807) is 71.7 Å². The minimum absolute atomic E-state index is 0.0844. The van der Waals surface area contributed by atoms with Crippen LogP contribution >= 0.6 is 0 Å². The molecule has 5 heterocycles. The fourth-order valence-electron chi connectivity index (χ4n) is 11.8. The van der Waals surface area contributed by atoms with Gasteiger partial charge in [0.2, 0.25) is 0 Å². The Kier molecular flexibility index (Phi) is 21.2. The van der Waals surface area contributed by atoms with Crippen LogP contribution in [0.3, 0.4) is 0 Å². The molecule has 3 fully saturated rings. The monoisotopic (exact) mass is 1070 g/mol. The predicted octanol–water partition coefficient (Wildman–Crippen LogP) is 4.41. The van der Waals surface area contributed by atoms with Gasteiger partial charge >= 0.3 is 5.97 Å². The third kappa shape index (κ3) is 14.4. The van der Waals surface area contributed by atoms with E-state index in [4.69, 9.17) is 28.4 Å². The number of halogens is 1. The molecule has 3 saturated heterocycles. The van der Waals surface area contributed by atoms with Gasteiger partial charge < -0.3 is 68.9 Å². The van der Waals surface area contributed by atoms with Crippen LogP contribution in [0.15, 0.2) is 48.9 Å². The molecular weight excluding hydrogens is 984 g/mol. The zero-order valence-electron chi connectivity index (χ0n) is 47.0. The second-order valence-corrected chi connectivity index (χ2v) is 23.1. The van der Waals surface area contributed by atoms with Gasteiger partial charge in [-0.05, 0) is 117 Å². The average Bonchev–Trinajstić information content (AvgIpc) is 3.87. The van der Waals surface area contributed by atoms with E-state index in [0.717, 1.165) is 16.7 Å². The number of likely N-dealkylation sites (N-methyl/N-ethyl adjacent to an activating group) is 2. The first kappa shape index (κ1) is 61.6. The second-order valence-electron chi connectivity index (χ2n) is 23.1. The van der Waals surface area contributed by atoms with Crippen molar-refractivity contribution >= 4 is 5.97 Å². The van der Waals surface area contributed by atoms with Gasteiger partial charge in [-0.1, -0.05) is 50.3 Å². The molecule has 76 heavy (non-hydrogen) atoms. The molecule has 6 rings (SSSR count). The molecule has 0 unspecified atom stereocenters. The summed E-state index contributed by atoms with van der Waals surface area (Å²) >= 11 is 0. The number of carbonyl (C=O) groups excluding carboxylic acids is 1. The van der Waals surface area contributed by atoms with Crippen molar-refractivity contribution < 1.29 is 68.2 Å². The summed E-state index contributed by atoms with van der Waals surface area (Å²) in [5, 5.41) is 78.1. The molecule has 20 heteroatoms. The minimum Gasteiger partial charge on any atom is -0.459 e. The van der Waals surface area contributed by atoms with E-state index >= 15 is 0 Å². The first-order valence-corrected chi connectivity index (χ1v) is 27.1. The molecule has 6 N–H and O–H groups in total. The molecule has 19 atom stereocenters. The van der Waals surface area contributed by atoms with Crippen LogP contribution in [0.5, 0.6) is 0 Å². The molecule has 3 aliphatic heterocycles. The summed E-state index contributed by atoms with van der Waals surface area (Å²) in [5.74, 6) is -2.87. The van der Waals surface area contributed by atoms with Gasteiger partial charge in [0.25, 0.3) is 0 Å². The summed E-state index contributed by atoms with van der Waals surface area (Å²) in [6, 6.07) is 8.01. The van der Waals surface area contributed by atoms with Crippen molar-refractivity contribution in [1.82, 2.24) is 29.8 Å². The number of aromatic nitrogens is 4. The Balaban J connectivity index is 1.23. The van der Waals surface area contributed by atoms with Crippen molar-refractivity contribution in [1.29, 1.82) is 0 Å². The normalized spacial score (nSPS) is 38.1. The summed E-state index contributed by atoms with van der Waals surface area (Å²) < 4.78 is 54.5. The second kappa shape index (κ2) is 26.1. The number of benzene rings is 1. The van der Waals surface area contributed by atoms with Crippen molar-refractivity contribution in [3.8, 4) is 11.1 Å². The molecule has 428 valence electrons. The summed E-state index contributed by atoms with van der Waals surface area (Å²) in [5.41, 5.74) is -0.511. The fraction of sp³-hybridized carbons (Fsp3) is 0.750. The number of hydrogen-bond acceptors (Lipinski definition) is 18. The number of alkyl halides is 1. The topological polar surface area (TPSA) is 244 Å². The highest BCUT2D eigenvalue weighted by Gasteiger charge is 2.53. The van der Waals surface area contributed by atoms with Crippen LogP contribution in [0, 0.1) is 17.8 Å². The molecule has 0 spiro atoms. The number of aliphatic hydroxyl groups excluding tert-OH is 4. The van der Waals surface area contributed by atoms with E-state index in [0.29, 0.717) is 43.6 Å². The number of hydrogen-bond donors (Lipinski definition) is 6. The van der Waals surface area contributed by atoms with Crippen LogP contribution < -0.4 is 0 Å². The zero-order valence-corrected chi connectivity index (χ0v) is 47.0. The molecule has 0 amide bonds. The molecule has 3 aromatic rings. The summed E-state index contributed by atoms with van der Waals surface area (Å²) in [4.78, 5) is 22.6. The Morgan fingerprint density at radius 3 is 2.29 bits per heavy atom. The number of rotatable bonds is 16. The number of carbonyl (C=O) groups is 1. The fourth-order valence-corrected chi connectivity index (χ4v) is 11.8. The maximum atomic E-state index is 14.6.